The number of allylic oxidation sites excluding steroid dienone is 1. The largest absolute Gasteiger partial charge is 0.490 e. The van der Waals surface area contributed by atoms with Crippen LogP contribution in [0.5, 0.6) is 5.75 Å². The third-order valence-electron chi connectivity index (χ3n) is 4.36. The van der Waals surface area contributed by atoms with Crippen LogP contribution in [0, 0.1) is 0 Å². The Hall–Kier alpha value is -3.15. The van der Waals surface area contributed by atoms with E-state index < -0.39 is 0 Å². The molecule has 1 aromatic carbocycles. The van der Waals surface area contributed by atoms with Gasteiger partial charge in [-0.05, 0) is 30.7 Å². The Morgan fingerprint density at radius 2 is 2.24 bits per heavy atom. The molecule has 0 radical (unpaired) electrons. The Labute approximate surface area is 145 Å². The second-order valence-corrected chi connectivity index (χ2v) is 6.22. The van der Waals surface area contributed by atoms with Crippen LogP contribution in [0.15, 0.2) is 42.7 Å². The molecule has 0 unspecified atom stereocenters. The van der Waals surface area contributed by atoms with Gasteiger partial charge in [-0.2, -0.15) is 0 Å². The third kappa shape index (κ3) is 2.55. The summed E-state index contributed by atoms with van der Waals surface area (Å²) in [6.45, 7) is 6.94. The lowest BCUT2D eigenvalue weighted by Gasteiger charge is -2.28. The molecule has 1 aliphatic rings. The van der Waals surface area contributed by atoms with Gasteiger partial charge in [0.05, 0.1) is 29.7 Å². The monoisotopic (exact) mass is 334 g/mol. The number of carbonyl (C=O) groups excluding carboxylic acids is 1. The minimum atomic E-state index is -0.128. The van der Waals surface area contributed by atoms with Gasteiger partial charge in [-0.15, -0.1) is 0 Å². The second-order valence-electron chi connectivity index (χ2n) is 6.22. The first-order chi connectivity index (χ1) is 12.0. The number of Topliss-reactive ketones (excluding diaryl/α,β-unsaturated/α-hetero) is 1. The van der Waals surface area contributed by atoms with Crippen molar-refractivity contribution in [3.05, 3.63) is 48.3 Å². The molecule has 0 spiro atoms. The summed E-state index contributed by atoms with van der Waals surface area (Å²) in [5, 5.41) is 0. The van der Waals surface area contributed by atoms with Gasteiger partial charge < -0.3 is 14.6 Å². The average molecular weight is 334 g/mol. The van der Waals surface area contributed by atoms with Gasteiger partial charge in [0.25, 0.3) is 0 Å². The number of nitrogens with one attached hydrogen (secondary N) is 1. The number of aromatic nitrogens is 3. The van der Waals surface area contributed by atoms with Crippen LogP contribution in [0.1, 0.15) is 17.3 Å². The molecule has 3 aromatic rings. The van der Waals surface area contributed by atoms with Crippen molar-refractivity contribution in [2.24, 2.45) is 0 Å². The van der Waals surface area contributed by atoms with Crippen molar-refractivity contribution in [3.8, 4) is 17.0 Å². The molecule has 126 valence electrons. The lowest BCUT2D eigenvalue weighted by atomic mass is 10.1. The highest BCUT2D eigenvalue weighted by molar-refractivity contribution is 6.14. The minimum Gasteiger partial charge on any atom is -0.490 e. The van der Waals surface area contributed by atoms with Crippen molar-refractivity contribution in [3.63, 3.8) is 0 Å². The Bertz CT molecular complexity index is 1010. The predicted octanol–water partition coefficient (Wildman–Crippen LogP) is 3.21. The van der Waals surface area contributed by atoms with Crippen molar-refractivity contribution < 1.29 is 9.53 Å². The molecule has 0 bridgehead atoms. The molecule has 2 aromatic heterocycles. The maximum absolute atomic E-state index is 12.3. The molecule has 6 nitrogen and oxygen atoms in total. The summed E-state index contributed by atoms with van der Waals surface area (Å²) in [5.74, 6) is 0.739. The van der Waals surface area contributed by atoms with Crippen molar-refractivity contribution in [1.82, 2.24) is 15.0 Å². The molecule has 0 fully saturated rings. The predicted molar refractivity (Wildman–Crippen MR) is 97.2 cm³/mol. The van der Waals surface area contributed by atoms with Crippen molar-refractivity contribution in [2.75, 3.05) is 25.1 Å². The number of aromatic amines is 1. The van der Waals surface area contributed by atoms with Crippen LogP contribution in [-0.4, -0.2) is 40.9 Å². The highest BCUT2D eigenvalue weighted by atomic mass is 16.5. The fraction of sp³-hybridized carbons (Fsp3) is 0.211. The summed E-state index contributed by atoms with van der Waals surface area (Å²) in [7, 11) is 2.04. The Kier molecular flexibility index (Phi) is 3.53. The normalized spacial score (nSPS) is 13.4. The highest BCUT2D eigenvalue weighted by Gasteiger charge is 2.18. The number of H-pyrrole nitrogens is 1. The molecule has 4 rings (SSSR count). The first-order valence-electron chi connectivity index (χ1n) is 8.07. The van der Waals surface area contributed by atoms with Gasteiger partial charge in [0.1, 0.15) is 17.9 Å². The molecule has 3 heterocycles. The SMILES string of the molecule is C=C(C)C(=O)c1c[nH]c2ncc(-c3ccc4c(c3)N(C)CCO4)nc12. The van der Waals surface area contributed by atoms with Gasteiger partial charge in [-0.1, -0.05) is 6.58 Å². The Morgan fingerprint density at radius 1 is 1.40 bits per heavy atom. The van der Waals surface area contributed by atoms with Crippen LogP contribution >= 0.6 is 0 Å². The van der Waals surface area contributed by atoms with Crippen LogP contribution in [-0.2, 0) is 0 Å². The van der Waals surface area contributed by atoms with E-state index in [0.717, 1.165) is 23.5 Å². The van der Waals surface area contributed by atoms with Crippen molar-refractivity contribution >= 4 is 22.6 Å². The zero-order valence-electron chi connectivity index (χ0n) is 14.2. The number of fused-ring (bicyclic) bond motifs is 2. The van der Waals surface area contributed by atoms with Crippen LogP contribution < -0.4 is 9.64 Å². The number of anilines is 1. The van der Waals surface area contributed by atoms with Gasteiger partial charge in [-0.3, -0.25) is 4.79 Å². The molecule has 0 saturated carbocycles. The zero-order valence-corrected chi connectivity index (χ0v) is 14.2. The number of ether oxygens (including phenoxy) is 1. The third-order valence-corrected chi connectivity index (χ3v) is 4.36. The molecular formula is C19H18N4O2. The van der Waals surface area contributed by atoms with E-state index in [0.29, 0.717) is 34.6 Å². The summed E-state index contributed by atoms with van der Waals surface area (Å²) in [4.78, 5) is 26.5. The van der Waals surface area contributed by atoms with E-state index in [1.807, 2.05) is 25.2 Å². The minimum absolute atomic E-state index is 0.128. The van der Waals surface area contributed by atoms with E-state index in [-0.39, 0.29) is 5.78 Å². The molecule has 6 heteroatoms. The van der Waals surface area contributed by atoms with Gasteiger partial charge in [0, 0.05) is 18.8 Å². The summed E-state index contributed by atoms with van der Waals surface area (Å²) in [6.07, 6.45) is 3.35. The smallest absolute Gasteiger partial charge is 0.191 e. The molecule has 0 aliphatic carbocycles. The molecule has 25 heavy (non-hydrogen) atoms. The van der Waals surface area contributed by atoms with Gasteiger partial charge in [0.15, 0.2) is 11.4 Å². The molecule has 1 aliphatic heterocycles. The Balaban J connectivity index is 1.82. The lowest BCUT2D eigenvalue weighted by molar-refractivity contribution is 0.103. The number of hydrogen-bond donors (Lipinski definition) is 1. The number of likely N-dealkylation sites (N-methyl/N-ethyl adjacent to an activating group) is 1. The molecule has 0 atom stereocenters. The van der Waals surface area contributed by atoms with Crippen molar-refractivity contribution in [2.45, 2.75) is 6.92 Å². The number of hydrogen-bond acceptors (Lipinski definition) is 5. The molecule has 0 amide bonds. The number of nitrogens with zero attached hydrogens (tertiary/aromatic N) is 3. The number of ketones is 1. The van der Waals surface area contributed by atoms with Crippen LogP contribution in [0.3, 0.4) is 0 Å². The molecule has 0 saturated heterocycles. The second kappa shape index (κ2) is 5.73. The number of rotatable bonds is 3. The average Bonchev–Trinajstić information content (AvgIpc) is 3.04. The van der Waals surface area contributed by atoms with E-state index in [1.165, 1.54) is 0 Å². The van der Waals surface area contributed by atoms with E-state index in [2.05, 4.69) is 26.4 Å². The summed E-state index contributed by atoms with van der Waals surface area (Å²) < 4.78 is 5.68. The van der Waals surface area contributed by atoms with Gasteiger partial charge >= 0.3 is 0 Å². The summed E-state index contributed by atoms with van der Waals surface area (Å²) in [6, 6.07) is 5.95. The van der Waals surface area contributed by atoms with E-state index >= 15 is 0 Å². The van der Waals surface area contributed by atoms with E-state index in [9.17, 15) is 4.79 Å². The quantitative estimate of drug-likeness (QED) is 0.588. The fourth-order valence-corrected chi connectivity index (χ4v) is 2.94. The number of carbonyl (C=O) groups is 1. The number of benzene rings is 1. The van der Waals surface area contributed by atoms with Gasteiger partial charge in [-0.25, -0.2) is 9.97 Å². The maximum atomic E-state index is 12.3. The standard InChI is InChI=1S/C19H18N4O2/c1-11(2)18(24)13-9-20-19-17(13)22-14(10-21-19)12-4-5-16-15(8-12)23(3)6-7-25-16/h4-5,8-10H,1,6-7H2,2-3H3,(H,20,21). The maximum Gasteiger partial charge on any atom is 0.191 e. The summed E-state index contributed by atoms with van der Waals surface area (Å²) in [5.41, 5.74) is 4.79. The first kappa shape index (κ1) is 15.4. The van der Waals surface area contributed by atoms with E-state index in [4.69, 9.17) is 4.74 Å². The lowest BCUT2D eigenvalue weighted by Crippen LogP contribution is -2.28. The topological polar surface area (TPSA) is 71.1 Å². The first-order valence-corrected chi connectivity index (χ1v) is 8.07. The van der Waals surface area contributed by atoms with Crippen LogP contribution in [0.4, 0.5) is 5.69 Å². The summed E-state index contributed by atoms with van der Waals surface area (Å²) >= 11 is 0. The van der Waals surface area contributed by atoms with Crippen LogP contribution in [0.25, 0.3) is 22.4 Å². The van der Waals surface area contributed by atoms with Crippen molar-refractivity contribution in [1.29, 1.82) is 0 Å². The molecule has 1 N–H and O–H groups in total. The van der Waals surface area contributed by atoms with Gasteiger partial charge in [0.2, 0.25) is 0 Å². The molecular weight excluding hydrogens is 316 g/mol. The Morgan fingerprint density at radius 3 is 3.04 bits per heavy atom. The fourth-order valence-electron chi connectivity index (χ4n) is 2.94. The van der Waals surface area contributed by atoms with Crippen LogP contribution in [0.2, 0.25) is 0 Å². The highest BCUT2D eigenvalue weighted by Crippen LogP contribution is 2.34. The zero-order chi connectivity index (χ0) is 17.6. The van der Waals surface area contributed by atoms with E-state index in [1.54, 1.807) is 19.3 Å².